The van der Waals surface area contributed by atoms with Crippen molar-refractivity contribution in [2.24, 2.45) is 0 Å². The molecule has 1 heterocycles. The van der Waals surface area contributed by atoms with Crippen molar-refractivity contribution < 1.29 is 8.78 Å². The van der Waals surface area contributed by atoms with Crippen LogP contribution < -0.4 is 5.32 Å². The second-order valence-corrected chi connectivity index (χ2v) is 5.09. The van der Waals surface area contributed by atoms with Gasteiger partial charge < -0.3 is 5.32 Å². The zero-order chi connectivity index (χ0) is 11.4. The predicted molar refractivity (Wildman–Crippen MR) is 62.7 cm³/mol. The van der Waals surface area contributed by atoms with Crippen LogP contribution in [0.2, 0.25) is 0 Å². The highest BCUT2D eigenvalue weighted by molar-refractivity contribution is 7.99. The van der Waals surface area contributed by atoms with E-state index in [2.05, 4.69) is 5.32 Å². The third kappa shape index (κ3) is 3.19. The molecule has 1 aromatic carbocycles. The Kier molecular flexibility index (Phi) is 4.18. The van der Waals surface area contributed by atoms with Crippen molar-refractivity contribution in [1.29, 1.82) is 0 Å². The van der Waals surface area contributed by atoms with E-state index >= 15 is 0 Å². The molecule has 2 rings (SSSR count). The van der Waals surface area contributed by atoms with Gasteiger partial charge in [-0.05, 0) is 31.5 Å². The molecule has 1 saturated heterocycles. The molecule has 1 aliphatic heterocycles. The lowest BCUT2D eigenvalue weighted by Crippen LogP contribution is -2.35. The maximum Gasteiger partial charge on any atom is 0.139 e. The number of thioether (sulfide) groups is 1. The van der Waals surface area contributed by atoms with Gasteiger partial charge in [-0.1, -0.05) is 6.42 Å². The smallest absolute Gasteiger partial charge is 0.139 e. The Morgan fingerprint density at radius 1 is 1.31 bits per heavy atom. The molecule has 0 radical (unpaired) electrons. The van der Waals surface area contributed by atoms with E-state index in [0.717, 1.165) is 24.8 Å². The van der Waals surface area contributed by atoms with Crippen molar-refractivity contribution in [1.82, 2.24) is 5.32 Å². The SMILES string of the molecule is Fc1ccc(SC[C@H]2CCCCN2)c(F)c1. The summed E-state index contributed by atoms with van der Waals surface area (Å²) < 4.78 is 26.0. The first-order chi connectivity index (χ1) is 7.75. The summed E-state index contributed by atoms with van der Waals surface area (Å²) in [4.78, 5) is 0.536. The molecule has 0 aromatic heterocycles. The fourth-order valence-corrected chi connectivity index (χ4v) is 2.88. The molecule has 0 unspecified atom stereocenters. The van der Waals surface area contributed by atoms with Crippen molar-refractivity contribution in [3.05, 3.63) is 29.8 Å². The van der Waals surface area contributed by atoms with Crippen molar-refractivity contribution in [3.8, 4) is 0 Å². The molecule has 0 amide bonds. The maximum absolute atomic E-state index is 13.3. The number of benzene rings is 1. The lowest BCUT2D eigenvalue weighted by Gasteiger charge is -2.22. The summed E-state index contributed by atoms with van der Waals surface area (Å²) in [5, 5.41) is 3.40. The number of nitrogens with one attached hydrogen (secondary N) is 1. The number of piperidine rings is 1. The minimum atomic E-state index is -0.516. The maximum atomic E-state index is 13.3. The molecular formula is C12H15F2NS. The summed E-state index contributed by atoms with van der Waals surface area (Å²) in [6.45, 7) is 1.05. The first-order valence-electron chi connectivity index (χ1n) is 5.57. The van der Waals surface area contributed by atoms with Gasteiger partial charge in [0.2, 0.25) is 0 Å². The molecule has 1 aliphatic rings. The van der Waals surface area contributed by atoms with Crippen LogP contribution in [0.4, 0.5) is 8.78 Å². The van der Waals surface area contributed by atoms with Gasteiger partial charge >= 0.3 is 0 Å². The van der Waals surface area contributed by atoms with E-state index in [1.54, 1.807) is 0 Å². The summed E-state index contributed by atoms with van der Waals surface area (Å²) in [5.41, 5.74) is 0. The van der Waals surface area contributed by atoms with Crippen LogP contribution in [0, 0.1) is 11.6 Å². The van der Waals surface area contributed by atoms with E-state index in [9.17, 15) is 8.78 Å². The molecule has 0 spiro atoms. The van der Waals surface area contributed by atoms with Crippen LogP contribution in [0.25, 0.3) is 0 Å². The summed E-state index contributed by atoms with van der Waals surface area (Å²) in [7, 11) is 0. The van der Waals surface area contributed by atoms with Gasteiger partial charge in [0, 0.05) is 22.8 Å². The fourth-order valence-electron chi connectivity index (χ4n) is 1.85. The van der Waals surface area contributed by atoms with Gasteiger partial charge in [0.25, 0.3) is 0 Å². The van der Waals surface area contributed by atoms with Crippen molar-refractivity contribution in [2.45, 2.75) is 30.2 Å². The zero-order valence-electron chi connectivity index (χ0n) is 9.01. The van der Waals surface area contributed by atoms with E-state index in [1.165, 1.54) is 36.7 Å². The molecule has 1 aromatic rings. The Hall–Kier alpha value is -0.610. The van der Waals surface area contributed by atoms with Crippen LogP contribution >= 0.6 is 11.8 Å². The van der Waals surface area contributed by atoms with Gasteiger partial charge in [-0.3, -0.25) is 0 Å². The highest BCUT2D eigenvalue weighted by Crippen LogP contribution is 2.24. The molecule has 0 bridgehead atoms. The molecule has 16 heavy (non-hydrogen) atoms. The molecule has 0 aliphatic carbocycles. The summed E-state index contributed by atoms with van der Waals surface area (Å²) in [5.74, 6) is -0.124. The topological polar surface area (TPSA) is 12.0 Å². The Morgan fingerprint density at radius 3 is 2.88 bits per heavy atom. The molecule has 1 atom stereocenters. The van der Waals surface area contributed by atoms with Gasteiger partial charge in [0.1, 0.15) is 11.6 Å². The Balaban J connectivity index is 1.88. The van der Waals surface area contributed by atoms with Gasteiger partial charge in [0.15, 0.2) is 0 Å². The Morgan fingerprint density at radius 2 is 2.19 bits per heavy atom. The monoisotopic (exact) mass is 243 g/mol. The molecular weight excluding hydrogens is 228 g/mol. The lowest BCUT2D eigenvalue weighted by atomic mass is 10.1. The van der Waals surface area contributed by atoms with Crippen LogP contribution in [0.5, 0.6) is 0 Å². The highest BCUT2D eigenvalue weighted by atomic mass is 32.2. The quantitative estimate of drug-likeness (QED) is 0.818. The normalized spacial score (nSPS) is 21.0. The zero-order valence-corrected chi connectivity index (χ0v) is 9.83. The predicted octanol–water partition coefficient (Wildman–Crippen LogP) is 3.20. The largest absolute Gasteiger partial charge is 0.313 e. The van der Waals surface area contributed by atoms with E-state index in [0.29, 0.717) is 10.9 Å². The van der Waals surface area contributed by atoms with Crippen LogP contribution in [0.1, 0.15) is 19.3 Å². The minimum Gasteiger partial charge on any atom is -0.313 e. The van der Waals surface area contributed by atoms with E-state index in [4.69, 9.17) is 0 Å². The first kappa shape index (κ1) is 11.9. The molecule has 4 heteroatoms. The van der Waals surface area contributed by atoms with E-state index in [1.807, 2.05) is 0 Å². The van der Waals surface area contributed by atoms with Crippen LogP contribution in [0.3, 0.4) is 0 Å². The first-order valence-corrected chi connectivity index (χ1v) is 6.55. The molecule has 1 nitrogen and oxygen atoms in total. The summed E-state index contributed by atoms with van der Waals surface area (Å²) in [6.07, 6.45) is 3.62. The standard InChI is InChI=1S/C12H15F2NS/c13-9-4-5-12(11(14)7-9)16-8-10-3-1-2-6-15-10/h4-5,7,10,15H,1-3,6,8H2/t10-/m1/s1. The summed E-state index contributed by atoms with van der Waals surface area (Å²) >= 11 is 1.46. The second kappa shape index (κ2) is 5.64. The van der Waals surface area contributed by atoms with Crippen molar-refractivity contribution in [3.63, 3.8) is 0 Å². The van der Waals surface area contributed by atoms with Crippen LogP contribution in [0.15, 0.2) is 23.1 Å². The van der Waals surface area contributed by atoms with Gasteiger partial charge in [-0.15, -0.1) is 11.8 Å². The molecule has 0 saturated carbocycles. The fraction of sp³-hybridized carbons (Fsp3) is 0.500. The Labute approximate surface area is 98.6 Å². The van der Waals surface area contributed by atoms with Crippen LogP contribution in [-0.4, -0.2) is 18.3 Å². The number of hydrogen-bond acceptors (Lipinski definition) is 2. The second-order valence-electron chi connectivity index (χ2n) is 4.03. The minimum absolute atomic E-state index is 0.458. The molecule has 88 valence electrons. The van der Waals surface area contributed by atoms with Crippen molar-refractivity contribution >= 4 is 11.8 Å². The average Bonchev–Trinajstić information content (AvgIpc) is 2.29. The molecule has 1 fully saturated rings. The number of rotatable bonds is 3. The Bertz CT molecular complexity index is 351. The number of hydrogen-bond donors (Lipinski definition) is 1. The van der Waals surface area contributed by atoms with Gasteiger partial charge in [-0.25, -0.2) is 8.78 Å². The van der Waals surface area contributed by atoms with Crippen LogP contribution in [-0.2, 0) is 0 Å². The average molecular weight is 243 g/mol. The number of halogens is 2. The lowest BCUT2D eigenvalue weighted by molar-refractivity contribution is 0.429. The van der Waals surface area contributed by atoms with E-state index in [-0.39, 0.29) is 0 Å². The van der Waals surface area contributed by atoms with E-state index < -0.39 is 11.6 Å². The third-order valence-corrected chi connectivity index (χ3v) is 3.96. The van der Waals surface area contributed by atoms with Gasteiger partial charge in [0.05, 0.1) is 0 Å². The van der Waals surface area contributed by atoms with Gasteiger partial charge in [-0.2, -0.15) is 0 Å². The molecule has 1 N–H and O–H groups in total. The van der Waals surface area contributed by atoms with Crippen molar-refractivity contribution in [2.75, 3.05) is 12.3 Å². The highest BCUT2D eigenvalue weighted by Gasteiger charge is 2.13. The third-order valence-electron chi connectivity index (χ3n) is 2.75. The summed E-state index contributed by atoms with van der Waals surface area (Å²) in [6, 6.07) is 4.22.